The summed E-state index contributed by atoms with van der Waals surface area (Å²) in [5.41, 5.74) is -0.359. The number of benzene rings is 1. The summed E-state index contributed by atoms with van der Waals surface area (Å²) in [5.74, 6) is -1.35. The SMILES string of the molecule is CCOC(=O)Cc1cc(C#N)c(CO)c(OC(F)(F)F)c1. The molecule has 0 fully saturated rings. The van der Waals surface area contributed by atoms with Crippen LogP contribution < -0.4 is 4.74 Å². The smallest absolute Gasteiger partial charge is 0.466 e. The number of ether oxygens (including phenoxy) is 2. The molecule has 0 amide bonds. The average molecular weight is 303 g/mol. The van der Waals surface area contributed by atoms with E-state index in [9.17, 15) is 18.0 Å². The van der Waals surface area contributed by atoms with E-state index in [1.54, 1.807) is 13.0 Å². The molecular weight excluding hydrogens is 291 g/mol. The topological polar surface area (TPSA) is 79.6 Å². The van der Waals surface area contributed by atoms with E-state index in [1.165, 1.54) is 6.07 Å². The minimum atomic E-state index is -4.97. The molecule has 0 aliphatic heterocycles. The van der Waals surface area contributed by atoms with E-state index in [1.807, 2.05) is 0 Å². The maximum Gasteiger partial charge on any atom is 0.573 e. The highest BCUT2D eigenvalue weighted by Crippen LogP contribution is 2.30. The first kappa shape index (κ1) is 16.8. The highest BCUT2D eigenvalue weighted by atomic mass is 19.4. The van der Waals surface area contributed by atoms with Gasteiger partial charge in [-0.3, -0.25) is 4.79 Å². The molecule has 1 rings (SSSR count). The third kappa shape index (κ3) is 4.96. The molecule has 0 spiro atoms. The van der Waals surface area contributed by atoms with Crippen LogP contribution >= 0.6 is 0 Å². The predicted octanol–water partition coefficient (Wildman–Crippen LogP) is 2.05. The molecule has 0 aliphatic carbocycles. The first-order chi connectivity index (χ1) is 9.80. The fourth-order valence-corrected chi connectivity index (χ4v) is 1.66. The fourth-order valence-electron chi connectivity index (χ4n) is 1.66. The molecule has 0 saturated heterocycles. The van der Waals surface area contributed by atoms with E-state index in [0.717, 1.165) is 6.07 Å². The maximum absolute atomic E-state index is 12.3. The molecule has 21 heavy (non-hydrogen) atoms. The summed E-state index contributed by atoms with van der Waals surface area (Å²) < 4.78 is 45.5. The Kier molecular flexibility index (Phi) is 5.55. The zero-order valence-electron chi connectivity index (χ0n) is 11.0. The number of rotatable bonds is 5. The van der Waals surface area contributed by atoms with Gasteiger partial charge in [0, 0.05) is 5.56 Å². The zero-order valence-corrected chi connectivity index (χ0v) is 11.0. The third-order valence-corrected chi connectivity index (χ3v) is 2.43. The molecule has 0 atom stereocenters. The van der Waals surface area contributed by atoms with E-state index in [4.69, 9.17) is 10.4 Å². The van der Waals surface area contributed by atoms with Gasteiger partial charge in [0.05, 0.1) is 31.3 Å². The van der Waals surface area contributed by atoms with Crippen LogP contribution in [0.25, 0.3) is 0 Å². The van der Waals surface area contributed by atoms with Gasteiger partial charge >= 0.3 is 12.3 Å². The Morgan fingerprint density at radius 2 is 2.10 bits per heavy atom. The van der Waals surface area contributed by atoms with E-state index in [2.05, 4.69) is 9.47 Å². The van der Waals surface area contributed by atoms with Gasteiger partial charge in [0.25, 0.3) is 0 Å². The Morgan fingerprint density at radius 1 is 1.43 bits per heavy atom. The highest BCUT2D eigenvalue weighted by Gasteiger charge is 2.32. The van der Waals surface area contributed by atoms with E-state index in [0.29, 0.717) is 0 Å². The number of aliphatic hydroxyl groups excluding tert-OH is 1. The summed E-state index contributed by atoms with van der Waals surface area (Å²) in [5, 5.41) is 18.0. The van der Waals surface area contributed by atoms with Crippen molar-refractivity contribution < 1.29 is 32.5 Å². The summed E-state index contributed by atoms with van der Waals surface area (Å²) in [6, 6.07) is 3.83. The normalized spacial score (nSPS) is 10.9. The second-order valence-electron chi connectivity index (χ2n) is 3.92. The summed E-state index contributed by atoms with van der Waals surface area (Å²) in [7, 11) is 0. The van der Waals surface area contributed by atoms with Crippen LogP contribution in [0.1, 0.15) is 23.6 Å². The highest BCUT2D eigenvalue weighted by molar-refractivity contribution is 5.73. The molecule has 0 saturated carbocycles. The first-order valence-corrected chi connectivity index (χ1v) is 5.88. The second kappa shape index (κ2) is 6.95. The lowest BCUT2D eigenvalue weighted by molar-refractivity contribution is -0.275. The van der Waals surface area contributed by atoms with Crippen molar-refractivity contribution >= 4 is 5.97 Å². The van der Waals surface area contributed by atoms with Crippen molar-refractivity contribution in [1.29, 1.82) is 5.26 Å². The van der Waals surface area contributed by atoms with Crippen LogP contribution in [0, 0.1) is 11.3 Å². The number of alkyl halides is 3. The molecule has 114 valence electrons. The van der Waals surface area contributed by atoms with Crippen molar-refractivity contribution in [2.75, 3.05) is 6.61 Å². The number of nitrogens with zero attached hydrogens (tertiary/aromatic N) is 1. The zero-order chi connectivity index (χ0) is 16.0. The first-order valence-electron chi connectivity index (χ1n) is 5.88. The van der Waals surface area contributed by atoms with Gasteiger partial charge in [-0.1, -0.05) is 0 Å². The third-order valence-electron chi connectivity index (χ3n) is 2.43. The van der Waals surface area contributed by atoms with E-state index >= 15 is 0 Å². The van der Waals surface area contributed by atoms with Gasteiger partial charge in [-0.2, -0.15) is 5.26 Å². The van der Waals surface area contributed by atoms with Crippen molar-refractivity contribution in [1.82, 2.24) is 0 Å². The summed E-state index contributed by atoms with van der Waals surface area (Å²) in [4.78, 5) is 11.3. The van der Waals surface area contributed by atoms with E-state index in [-0.39, 0.29) is 29.7 Å². The molecule has 0 bridgehead atoms. The lowest BCUT2D eigenvalue weighted by Gasteiger charge is -2.15. The summed E-state index contributed by atoms with van der Waals surface area (Å²) >= 11 is 0. The largest absolute Gasteiger partial charge is 0.573 e. The minimum absolute atomic E-state index is 0.126. The fraction of sp³-hybridized carbons (Fsp3) is 0.385. The quantitative estimate of drug-likeness (QED) is 0.842. The molecule has 0 radical (unpaired) electrons. The van der Waals surface area contributed by atoms with Crippen LogP contribution in [0.4, 0.5) is 13.2 Å². The summed E-state index contributed by atoms with van der Waals surface area (Å²) in [6.45, 7) is 0.921. The predicted molar refractivity (Wildman–Crippen MR) is 64.1 cm³/mol. The van der Waals surface area contributed by atoms with Crippen LogP contribution in [0.15, 0.2) is 12.1 Å². The van der Waals surface area contributed by atoms with Crippen molar-refractivity contribution in [3.05, 3.63) is 28.8 Å². The molecule has 1 N–H and O–H groups in total. The number of carbonyl (C=O) groups is 1. The molecule has 0 aliphatic rings. The number of hydrogen-bond acceptors (Lipinski definition) is 5. The number of halogens is 3. The van der Waals surface area contributed by atoms with Gasteiger partial charge in [-0.05, 0) is 24.6 Å². The molecule has 5 nitrogen and oxygen atoms in total. The Bertz CT molecular complexity index is 564. The summed E-state index contributed by atoms with van der Waals surface area (Å²) in [6.07, 6.45) is -5.28. The lowest BCUT2D eigenvalue weighted by atomic mass is 10.0. The molecule has 8 heteroatoms. The number of hydrogen-bond donors (Lipinski definition) is 1. The Hall–Kier alpha value is -2.27. The van der Waals surface area contributed by atoms with Gasteiger partial charge in [-0.15, -0.1) is 13.2 Å². The number of nitriles is 1. The molecule has 1 aromatic carbocycles. The molecule has 0 aromatic heterocycles. The number of carbonyl (C=O) groups excluding carboxylic acids is 1. The molecule has 0 unspecified atom stereocenters. The maximum atomic E-state index is 12.3. The standard InChI is InChI=1S/C13H12F3NO4/c1-2-20-12(19)5-8-3-9(6-17)10(7-18)11(4-8)21-13(14,15)16/h3-4,18H,2,5,7H2,1H3. The van der Waals surface area contributed by atoms with Crippen molar-refractivity contribution in [2.45, 2.75) is 26.3 Å². The van der Waals surface area contributed by atoms with Crippen LogP contribution in [0.5, 0.6) is 5.75 Å². The molecule has 1 aromatic rings. The molecule has 0 heterocycles. The van der Waals surface area contributed by atoms with Crippen molar-refractivity contribution in [3.8, 4) is 11.8 Å². The lowest BCUT2D eigenvalue weighted by Crippen LogP contribution is -2.19. The minimum Gasteiger partial charge on any atom is -0.466 e. The number of aliphatic hydroxyl groups is 1. The van der Waals surface area contributed by atoms with Gasteiger partial charge in [0.15, 0.2) is 0 Å². The second-order valence-corrected chi connectivity index (χ2v) is 3.92. The van der Waals surface area contributed by atoms with E-state index < -0.39 is 24.7 Å². The van der Waals surface area contributed by atoms with Crippen LogP contribution in [-0.2, 0) is 22.6 Å². The van der Waals surface area contributed by atoms with Crippen LogP contribution in [0.2, 0.25) is 0 Å². The Labute approximate surface area is 118 Å². The van der Waals surface area contributed by atoms with Gasteiger partial charge in [0.1, 0.15) is 5.75 Å². The van der Waals surface area contributed by atoms with Crippen LogP contribution in [0.3, 0.4) is 0 Å². The number of esters is 1. The van der Waals surface area contributed by atoms with Crippen LogP contribution in [-0.4, -0.2) is 24.0 Å². The molecular formula is C13H12F3NO4. The monoisotopic (exact) mass is 303 g/mol. The van der Waals surface area contributed by atoms with Gasteiger partial charge in [0.2, 0.25) is 0 Å². The van der Waals surface area contributed by atoms with Crippen molar-refractivity contribution in [2.24, 2.45) is 0 Å². The van der Waals surface area contributed by atoms with Gasteiger partial charge in [-0.25, -0.2) is 0 Å². The Morgan fingerprint density at radius 3 is 2.57 bits per heavy atom. The van der Waals surface area contributed by atoms with Gasteiger partial charge < -0.3 is 14.6 Å². The Balaban J connectivity index is 3.21. The average Bonchev–Trinajstić information content (AvgIpc) is 2.36. The van der Waals surface area contributed by atoms with Crippen molar-refractivity contribution in [3.63, 3.8) is 0 Å².